The van der Waals surface area contributed by atoms with Gasteiger partial charge >= 0.3 is 0 Å². The van der Waals surface area contributed by atoms with E-state index in [1.54, 1.807) is 23.9 Å². The topological polar surface area (TPSA) is 37.3 Å². The van der Waals surface area contributed by atoms with Crippen LogP contribution in [0.1, 0.15) is 17.3 Å². The first-order valence-corrected chi connectivity index (χ1v) is 4.67. The first-order valence-electron chi connectivity index (χ1n) is 3.69. The molecule has 0 aromatic heterocycles. The van der Waals surface area contributed by atoms with Crippen molar-refractivity contribution in [3.05, 3.63) is 23.8 Å². The minimum absolute atomic E-state index is 0.187. The van der Waals surface area contributed by atoms with Crippen LogP contribution in [0.4, 0.5) is 0 Å². The number of thioether (sulfide) groups is 1. The summed E-state index contributed by atoms with van der Waals surface area (Å²) in [6.07, 6.45) is 0.722. The van der Waals surface area contributed by atoms with E-state index in [1.165, 1.54) is 6.07 Å². The number of hydrogen-bond acceptors (Lipinski definition) is 3. The number of phenols is 1. The number of carbonyl (C=O) groups is 1. The first kappa shape index (κ1) is 9.13. The molecule has 1 N–H and O–H groups in total. The van der Waals surface area contributed by atoms with Gasteiger partial charge in [-0.3, -0.25) is 4.79 Å². The fraction of sp³-hybridized carbons (Fsp3) is 0.222. The lowest BCUT2D eigenvalue weighted by Crippen LogP contribution is -1.81. The Bertz CT molecular complexity index is 284. The zero-order valence-electron chi connectivity index (χ0n) is 6.78. The van der Waals surface area contributed by atoms with E-state index >= 15 is 0 Å². The van der Waals surface area contributed by atoms with Crippen molar-refractivity contribution in [1.82, 2.24) is 0 Å². The quantitative estimate of drug-likeness (QED) is 0.575. The molecule has 1 rings (SSSR count). The van der Waals surface area contributed by atoms with E-state index in [4.69, 9.17) is 0 Å². The Morgan fingerprint density at radius 2 is 2.33 bits per heavy atom. The van der Waals surface area contributed by atoms with Crippen molar-refractivity contribution in [2.24, 2.45) is 0 Å². The highest BCUT2D eigenvalue weighted by molar-refractivity contribution is 7.99. The van der Waals surface area contributed by atoms with Crippen molar-refractivity contribution in [3.8, 4) is 5.75 Å². The Morgan fingerprint density at radius 1 is 1.58 bits per heavy atom. The van der Waals surface area contributed by atoms with Crippen molar-refractivity contribution >= 4 is 18.0 Å². The van der Waals surface area contributed by atoms with Crippen molar-refractivity contribution in [1.29, 1.82) is 0 Å². The molecule has 1 aromatic carbocycles. The van der Waals surface area contributed by atoms with E-state index in [-0.39, 0.29) is 5.75 Å². The molecular formula is C9H10O2S. The lowest BCUT2D eigenvalue weighted by Gasteiger charge is -2.01. The molecule has 0 atom stereocenters. The zero-order chi connectivity index (χ0) is 8.97. The SMILES string of the molecule is CCSc1ccc(C=O)cc1O. The van der Waals surface area contributed by atoms with Crippen molar-refractivity contribution in [2.45, 2.75) is 11.8 Å². The van der Waals surface area contributed by atoms with Gasteiger partial charge in [-0.1, -0.05) is 13.0 Å². The molecule has 0 radical (unpaired) electrons. The van der Waals surface area contributed by atoms with E-state index in [9.17, 15) is 9.90 Å². The summed E-state index contributed by atoms with van der Waals surface area (Å²) >= 11 is 1.56. The van der Waals surface area contributed by atoms with Gasteiger partial charge in [-0.15, -0.1) is 11.8 Å². The molecular weight excluding hydrogens is 172 g/mol. The zero-order valence-corrected chi connectivity index (χ0v) is 7.60. The Hall–Kier alpha value is -0.960. The number of aldehydes is 1. The Labute approximate surface area is 75.6 Å². The second kappa shape index (κ2) is 4.16. The normalized spacial score (nSPS) is 9.75. The highest BCUT2D eigenvalue weighted by Gasteiger charge is 2.00. The van der Waals surface area contributed by atoms with E-state index in [1.807, 2.05) is 6.92 Å². The molecule has 0 bridgehead atoms. The van der Waals surface area contributed by atoms with E-state index < -0.39 is 0 Å². The summed E-state index contributed by atoms with van der Waals surface area (Å²) in [6.45, 7) is 2.01. The number of rotatable bonds is 3. The Balaban J connectivity index is 2.94. The van der Waals surface area contributed by atoms with Gasteiger partial charge in [-0.05, 0) is 17.9 Å². The minimum atomic E-state index is 0.187. The second-order valence-corrected chi connectivity index (χ2v) is 3.58. The largest absolute Gasteiger partial charge is 0.507 e. The summed E-state index contributed by atoms with van der Waals surface area (Å²) in [7, 11) is 0. The van der Waals surface area contributed by atoms with Gasteiger partial charge in [0.15, 0.2) is 0 Å². The molecule has 0 amide bonds. The van der Waals surface area contributed by atoms with Gasteiger partial charge in [-0.2, -0.15) is 0 Å². The summed E-state index contributed by atoms with van der Waals surface area (Å²) < 4.78 is 0. The summed E-state index contributed by atoms with van der Waals surface area (Å²) in [5, 5.41) is 9.37. The van der Waals surface area contributed by atoms with Crippen molar-refractivity contribution in [2.75, 3.05) is 5.75 Å². The van der Waals surface area contributed by atoms with Crippen LogP contribution in [0.15, 0.2) is 23.1 Å². The predicted molar refractivity (Wildman–Crippen MR) is 49.9 cm³/mol. The number of hydrogen-bond donors (Lipinski definition) is 1. The number of carbonyl (C=O) groups excluding carboxylic acids is 1. The number of phenolic OH excluding ortho intramolecular Hbond substituents is 1. The van der Waals surface area contributed by atoms with Crippen molar-refractivity contribution < 1.29 is 9.90 Å². The van der Waals surface area contributed by atoms with Gasteiger partial charge in [-0.25, -0.2) is 0 Å². The molecule has 0 saturated heterocycles. The summed E-state index contributed by atoms with van der Waals surface area (Å²) in [5.74, 6) is 1.10. The van der Waals surface area contributed by atoms with Gasteiger partial charge in [0.25, 0.3) is 0 Å². The minimum Gasteiger partial charge on any atom is -0.507 e. The summed E-state index contributed by atoms with van der Waals surface area (Å²) in [4.78, 5) is 11.1. The maximum absolute atomic E-state index is 10.3. The smallest absolute Gasteiger partial charge is 0.150 e. The van der Waals surface area contributed by atoms with Gasteiger partial charge in [0, 0.05) is 10.5 Å². The van der Waals surface area contributed by atoms with Crippen LogP contribution in [0.5, 0.6) is 5.75 Å². The van der Waals surface area contributed by atoms with Gasteiger partial charge in [0.05, 0.1) is 0 Å². The predicted octanol–water partition coefficient (Wildman–Crippen LogP) is 2.32. The monoisotopic (exact) mass is 182 g/mol. The molecule has 0 aliphatic heterocycles. The summed E-state index contributed by atoms with van der Waals surface area (Å²) in [5.41, 5.74) is 0.507. The molecule has 12 heavy (non-hydrogen) atoms. The Kier molecular flexibility index (Phi) is 3.17. The molecule has 0 saturated carbocycles. The van der Waals surface area contributed by atoms with E-state index in [0.717, 1.165) is 16.9 Å². The van der Waals surface area contributed by atoms with Crippen molar-refractivity contribution in [3.63, 3.8) is 0 Å². The lowest BCUT2D eigenvalue weighted by molar-refractivity contribution is 0.112. The molecule has 0 aliphatic carbocycles. The molecule has 1 aromatic rings. The van der Waals surface area contributed by atoms with Crippen LogP contribution >= 0.6 is 11.8 Å². The Morgan fingerprint density at radius 3 is 2.83 bits per heavy atom. The van der Waals surface area contributed by atoms with E-state index in [0.29, 0.717) is 5.56 Å². The van der Waals surface area contributed by atoms with Crippen LogP contribution in [0.2, 0.25) is 0 Å². The molecule has 0 aliphatic rings. The van der Waals surface area contributed by atoms with E-state index in [2.05, 4.69) is 0 Å². The third-order valence-electron chi connectivity index (χ3n) is 1.42. The first-order chi connectivity index (χ1) is 5.77. The second-order valence-electron chi connectivity index (χ2n) is 2.28. The standard InChI is InChI=1S/C9H10O2S/c1-2-12-9-4-3-7(6-10)5-8(9)11/h3-6,11H,2H2,1H3. The highest BCUT2D eigenvalue weighted by atomic mass is 32.2. The average molecular weight is 182 g/mol. The third-order valence-corrected chi connectivity index (χ3v) is 2.36. The lowest BCUT2D eigenvalue weighted by atomic mass is 10.2. The third kappa shape index (κ3) is 2.01. The van der Waals surface area contributed by atoms with Gasteiger partial charge in [0.2, 0.25) is 0 Å². The highest BCUT2D eigenvalue weighted by Crippen LogP contribution is 2.28. The molecule has 3 heteroatoms. The molecule has 64 valence electrons. The maximum atomic E-state index is 10.3. The fourth-order valence-corrected chi connectivity index (χ4v) is 1.57. The van der Waals surface area contributed by atoms with Crippen LogP contribution in [-0.2, 0) is 0 Å². The summed E-state index contributed by atoms with van der Waals surface area (Å²) in [6, 6.07) is 4.93. The fourth-order valence-electron chi connectivity index (χ4n) is 0.885. The van der Waals surface area contributed by atoms with Gasteiger partial charge in [0.1, 0.15) is 12.0 Å². The van der Waals surface area contributed by atoms with Crippen LogP contribution < -0.4 is 0 Å². The van der Waals surface area contributed by atoms with Crippen LogP contribution in [-0.4, -0.2) is 17.1 Å². The molecule has 0 spiro atoms. The van der Waals surface area contributed by atoms with Gasteiger partial charge < -0.3 is 5.11 Å². The number of benzene rings is 1. The van der Waals surface area contributed by atoms with Crippen LogP contribution in [0, 0.1) is 0 Å². The molecule has 0 fully saturated rings. The van der Waals surface area contributed by atoms with Crippen LogP contribution in [0.25, 0.3) is 0 Å². The average Bonchev–Trinajstić information content (AvgIpc) is 2.09. The molecule has 2 nitrogen and oxygen atoms in total. The number of aromatic hydroxyl groups is 1. The molecule has 0 unspecified atom stereocenters. The molecule has 0 heterocycles. The maximum Gasteiger partial charge on any atom is 0.150 e. The van der Waals surface area contributed by atoms with Crippen LogP contribution in [0.3, 0.4) is 0 Å².